The van der Waals surface area contributed by atoms with Gasteiger partial charge in [0, 0.05) is 19.3 Å². The number of halogens is 1. The van der Waals surface area contributed by atoms with E-state index in [0.717, 1.165) is 23.7 Å². The van der Waals surface area contributed by atoms with Crippen molar-refractivity contribution in [3.05, 3.63) is 23.2 Å². The minimum atomic E-state index is 0.707. The highest BCUT2D eigenvalue weighted by molar-refractivity contribution is 6.33. The molecule has 0 bridgehead atoms. The van der Waals surface area contributed by atoms with Gasteiger partial charge >= 0.3 is 0 Å². The summed E-state index contributed by atoms with van der Waals surface area (Å²) < 4.78 is 0. The Kier molecular flexibility index (Phi) is 3.43. The fourth-order valence-electron chi connectivity index (χ4n) is 1.29. The summed E-state index contributed by atoms with van der Waals surface area (Å²) in [7, 11) is 2.03. The van der Waals surface area contributed by atoms with Crippen molar-refractivity contribution in [3.8, 4) is 0 Å². The number of nitrogens with two attached hydrogens (primary N) is 1. The van der Waals surface area contributed by atoms with E-state index in [0.29, 0.717) is 5.69 Å². The molecule has 0 aromatic heterocycles. The van der Waals surface area contributed by atoms with Crippen molar-refractivity contribution in [1.29, 1.82) is 0 Å². The van der Waals surface area contributed by atoms with Crippen molar-refractivity contribution in [2.75, 3.05) is 24.2 Å². The lowest BCUT2D eigenvalue weighted by atomic mass is 10.2. The van der Waals surface area contributed by atoms with E-state index in [4.69, 9.17) is 17.3 Å². The van der Waals surface area contributed by atoms with E-state index in [1.165, 1.54) is 0 Å². The van der Waals surface area contributed by atoms with Crippen LogP contribution in [0.4, 0.5) is 11.4 Å². The lowest BCUT2D eigenvalue weighted by molar-refractivity contribution is 0.852. The van der Waals surface area contributed by atoms with Gasteiger partial charge in [-0.2, -0.15) is 0 Å². The van der Waals surface area contributed by atoms with Crippen molar-refractivity contribution in [2.45, 2.75) is 13.3 Å². The molecule has 1 rings (SSSR count). The molecule has 0 radical (unpaired) electrons. The van der Waals surface area contributed by atoms with Gasteiger partial charge in [0.2, 0.25) is 0 Å². The lowest BCUT2D eigenvalue weighted by Crippen LogP contribution is -2.17. The van der Waals surface area contributed by atoms with Gasteiger partial charge in [-0.05, 0) is 24.6 Å². The standard InChI is InChI=1S/C10H15ClN2/c1-3-6-13(2)10-5-4-8(12)7-9(10)11/h4-5,7H,3,6,12H2,1-2H3. The molecule has 0 fully saturated rings. The molecule has 72 valence electrons. The molecule has 0 aliphatic rings. The average Bonchev–Trinajstić information content (AvgIpc) is 2.04. The number of hydrogen-bond donors (Lipinski definition) is 1. The highest BCUT2D eigenvalue weighted by Gasteiger charge is 2.04. The molecule has 0 atom stereocenters. The minimum absolute atomic E-state index is 0.707. The molecule has 0 spiro atoms. The molecule has 0 aliphatic carbocycles. The second-order valence-electron chi connectivity index (χ2n) is 3.13. The van der Waals surface area contributed by atoms with Gasteiger partial charge in [-0.25, -0.2) is 0 Å². The summed E-state index contributed by atoms with van der Waals surface area (Å²) in [5.74, 6) is 0. The quantitative estimate of drug-likeness (QED) is 0.757. The summed E-state index contributed by atoms with van der Waals surface area (Å²) in [6, 6.07) is 5.60. The summed E-state index contributed by atoms with van der Waals surface area (Å²) in [6.45, 7) is 3.14. The Hall–Kier alpha value is -0.890. The molecule has 0 heterocycles. The highest BCUT2D eigenvalue weighted by Crippen LogP contribution is 2.26. The van der Waals surface area contributed by atoms with E-state index in [9.17, 15) is 0 Å². The monoisotopic (exact) mass is 198 g/mol. The summed E-state index contributed by atoms with van der Waals surface area (Å²) in [5.41, 5.74) is 7.35. The van der Waals surface area contributed by atoms with Crippen molar-refractivity contribution in [2.24, 2.45) is 0 Å². The van der Waals surface area contributed by atoms with Crippen LogP contribution in [0.1, 0.15) is 13.3 Å². The van der Waals surface area contributed by atoms with Crippen LogP contribution in [0.5, 0.6) is 0 Å². The van der Waals surface area contributed by atoms with Gasteiger partial charge in [-0.1, -0.05) is 18.5 Å². The Balaban J connectivity index is 2.88. The van der Waals surface area contributed by atoms with Gasteiger partial charge in [0.05, 0.1) is 10.7 Å². The Morgan fingerprint density at radius 1 is 1.46 bits per heavy atom. The second kappa shape index (κ2) is 4.38. The molecule has 2 N–H and O–H groups in total. The van der Waals surface area contributed by atoms with Gasteiger partial charge in [-0.15, -0.1) is 0 Å². The van der Waals surface area contributed by atoms with Crippen LogP contribution in [-0.2, 0) is 0 Å². The molecule has 0 aliphatic heterocycles. The Morgan fingerprint density at radius 3 is 2.69 bits per heavy atom. The van der Waals surface area contributed by atoms with Crippen molar-refractivity contribution in [1.82, 2.24) is 0 Å². The summed E-state index contributed by atoms with van der Waals surface area (Å²) in [5, 5.41) is 0.718. The van der Waals surface area contributed by atoms with Crippen molar-refractivity contribution >= 4 is 23.0 Å². The van der Waals surface area contributed by atoms with Gasteiger partial charge < -0.3 is 10.6 Å². The summed E-state index contributed by atoms with van der Waals surface area (Å²) in [4.78, 5) is 2.13. The predicted octanol–water partition coefficient (Wildman–Crippen LogP) is 2.77. The van der Waals surface area contributed by atoms with Crippen LogP contribution < -0.4 is 10.6 Å². The zero-order valence-electron chi connectivity index (χ0n) is 8.05. The van der Waals surface area contributed by atoms with Gasteiger partial charge in [0.15, 0.2) is 0 Å². The molecule has 0 amide bonds. The van der Waals surface area contributed by atoms with Gasteiger partial charge in [0.1, 0.15) is 0 Å². The van der Waals surface area contributed by atoms with Crippen LogP contribution in [0.25, 0.3) is 0 Å². The number of anilines is 2. The van der Waals surface area contributed by atoms with E-state index in [1.54, 1.807) is 6.07 Å². The van der Waals surface area contributed by atoms with Crippen LogP contribution in [0.3, 0.4) is 0 Å². The first-order valence-electron chi connectivity index (χ1n) is 4.41. The fourth-order valence-corrected chi connectivity index (χ4v) is 1.62. The van der Waals surface area contributed by atoms with Crippen LogP contribution in [0.15, 0.2) is 18.2 Å². The van der Waals surface area contributed by atoms with Crippen LogP contribution in [-0.4, -0.2) is 13.6 Å². The summed E-state index contributed by atoms with van der Waals surface area (Å²) in [6.07, 6.45) is 1.11. The molecular weight excluding hydrogens is 184 g/mol. The zero-order valence-corrected chi connectivity index (χ0v) is 8.80. The second-order valence-corrected chi connectivity index (χ2v) is 3.54. The Labute approximate surface area is 84.3 Å². The molecule has 0 unspecified atom stereocenters. The number of rotatable bonds is 3. The molecule has 1 aromatic carbocycles. The van der Waals surface area contributed by atoms with Gasteiger partial charge in [-0.3, -0.25) is 0 Å². The maximum Gasteiger partial charge on any atom is 0.0659 e. The smallest absolute Gasteiger partial charge is 0.0659 e. The number of nitrogen functional groups attached to an aromatic ring is 1. The first kappa shape index (κ1) is 10.2. The largest absolute Gasteiger partial charge is 0.399 e. The van der Waals surface area contributed by atoms with E-state index in [1.807, 2.05) is 19.2 Å². The van der Waals surface area contributed by atoms with Crippen LogP contribution >= 0.6 is 11.6 Å². The minimum Gasteiger partial charge on any atom is -0.399 e. The molecule has 0 saturated heterocycles. The third kappa shape index (κ3) is 2.52. The third-order valence-corrected chi connectivity index (χ3v) is 2.24. The van der Waals surface area contributed by atoms with Crippen LogP contribution in [0, 0.1) is 0 Å². The first-order valence-corrected chi connectivity index (χ1v) is 4.79. The average molecular weight is 199 g/mol. The van der Waals surface area contributed by atoms with E-state index < -0.39 is 0 Å². The third-order valence-electron chi connectivity index (χ3n) is 1.94. The SMILES string of the molecule is CCCN(C)c1ccc(N)cc1Cl. The zero-order chi connectivity index (χ0) is 9.84. The normalized spacial score (nSPS) is 10.1. The molecule has 13 heavy (non-hydrogen) atoms. The Bertz CT molecular complexity index is 286. The summed E-state index contributed by atoms with van der Waals surface area (Å²) >= 11 is 6.04. The number of hydrogen-bond acceptors (Lipinski definition) is 2. The number of benzene rings is 1. The molecule has 1 aromatic rings. The Morgan fingerprint density at radius 2 is 2.15 bits per heavy atom. The molecular formula is C10H15ClN2. The predicted molar refractivity (Wildman–Crippen MR) is 59.4 cm³/mol. The fraction of sp³-hybridized carbons (Fsp3) is 0.400. The maximum atomic E-state index is 6.04. The molecule has 2 nitrogen and oxygen atoms in total. The van der Waals surface area contributed by atoms with Crippen LogP contribution in [0.2, 0.25) is 5.02 Å². The number of nitrogens with zero attached hydrogens (tertiary/aromatic N) is 1. The van der Waals surface area contributed by atoms with Crippen molar-refractivity contribution < 1.29 is 0 Å². The first-order chi connectivity index (χ1) is 6.15. The lowest BCUT2D eigenvalue weighted by Gasteiger charge is -2.19. The maximum absolute atomic E-state index is 6.04. The van der Waals surface area contributed by atoms with E-state index >= 15 is 0 Å². The topological polar surface area (TPSA) is 29.3 Å². The van der Waals surface area contributed by atoms with Crippen molar-refractivity contribution in [3.63, 3.8) is 0 Å². The highest BCUT2D eigenvalue weighted by atomic mass is 35.5. The van der Waals surface area contributed by atoms with E-state index in [2.05, 4.69) is 11.8 Å². The van der Waals surface area contributed by atoms with Gasteiger partial charge in [0.25, 0.3) is 0 Å². The molecule has 3 heteroatoms. The van der Waals surface area contributed by atoms with E-state index in [-0.39, 0.29) is 0 Å². The molecule has 0 saturated carbocycles.